The third-order valence-electron chi connectivity index (χ3n) is 4.83. The first-order chi connectivity index (χ1) is 15.7. The Morgan fingerprint density at radius 1 is 1.15 bits per heavy atom. The second-order valence-corrected chi connectivity index (χ2v) is 7.39. The molecule has 0 saturated carbocycles. The van der Waals surface area contributed by atoms with Crippen LogP contribution in [0.15, 0.2) is 47.5 Å². The highest BCUT2D eigenvalue weighted by Crippen LogP contribution is 2.32. The van der Waals surface area contributed by atoms with E-state index in [1.165, 1.54) is 6.07 Å². The number of nitrogens with one attached hydrogen (secondary N) is 3. The third kappa shape index (κ3) is 7.23. The van der Waals surface area contributed by atoms with Crippen LogP contribution in [0.2, 0.25) is 0 Å². The molecule has 176 valence electrons. The van der Waals surface area contributed by atoms with Crippen LogP contribution < -0.4 is 16.0 Å². The zero-order valence-electron chi connectivity index (χ0n) is 18.1. The van der Waals surface area contributed by atoms with E-state index in [0.717, 1.165) is 23.3 Å². The summed E-state index contributed by atoms with van der Waals surface area (Å²) in [5.74, 6) is -0.563. The van der Waals surface area contributed by atoms with Crippen molar-refractivity contribution in [1.29, 1.82) is 0 Å². The van der Waals surface area contributed by atoms with Gasteiger partial charge < -0.3 is 20.7 Å². The average molecular weight is 462 g/mol. The quantitative estimate of drug-likeness (QED) is 0.523. The molecule has 1 aliphatic heterocycles. The Bertz CT molecular complexity index is 1040. The van der Waals surface area contributed by atoms with Crippen molar-refractivity contribution in [2.75, 3.05) is 25.0 Å². The van der Waals surface area contributed by atoms with Crippen molar-refractivity contribution in [2.45, 2.75) is 32.5 Å². The lowest BCUT2D eigenvalue weighted by molar-refractivity contribution is -0.143. The second kappa shape index (κ2) is 10.8. The van der Waals surface area contributed by atoms with Gasteiger partial charge in [0.25, 0.3) is 5.91 Å². The summed E-state index contributed by atoms with van der Waals surface area (Å²) >= 11 is 0. The first kappa shape index (κ1) is 24.1. The molecule has 0 spiro atoms. The molecule has 0 radical (unpaired) electrons. The van der Waals surface area contributed by atoms with Crippen molar-refractivity contribution in [3.8, 4) is 0 Å². The topological polar surface area (TPSA) is 91.8 Å². The second-order valence-electron chi connectivity index (χ2n) is 7.39. The van der Waals surface area contributed by atoms with Crippen molar-refractivity contribution >= 4 is 23.5 Å². The first-order valence-electron chi connectivity index (χ1n) is 10.5. The van der Waals surface area contributed by atoms with E-state index >= 15 is 0 Å². The number of aryl methyl sites for hydroxylation is 1. The van der Waals surface area contributed by atoms with E-state index in [-0.39, 0.29) is 30.2 Å². The number of guanidine groups is 1. The minimum atomic E-state index is -4.61. The number of esters is 1. The monoisotopic (exact) mass is 462 g/mol. The Morgan fingerprint density at radius 3 is 2.64 bits per heavy atom. The zero-order chi connectivity index (χ0) is 23.8. The normalized spacial score (nSPS) is 13.2. The van der Waals surface area contributed by atoms with Crippen LogP contribution in [-0.2, 0) is 28.7 Å². The minimum Gasteiger partial charge on any atom is -0.466 e. The summed E-state index contributed by atoms with van der Waals surface area (Å²) in [6.07, 6.45) is -3.88. The minimum absolute atomic E-state index is 0.115. The third-order valence-corrected chi connectivity index (χ3v) is 4.83. The number of rotatable bonds is 8. The maximum Gasteiger partial charge on any atom is 0.416 e. The van der Waals surface area contributed by atoms with Crippen LogP contribution >= 0.6 is 0 Å². The van der Waals surface area contributed by atoms with Crippen molar-refractivity contribution in [3.63, 3.8) is 0 Å². The van der Waals surface area contributed by atoms with Gasteiger partial charge in [-0.1, -0.05) is 24.3 Å². The molecule has 2 aromatic carbocycles. The molecule has 0 bridgehead atoms. The largest absolute Gasteiger partial charge is 0.466 e. The molecule has 0 saturated heterocycles. The van der Waals surface area contributed by atoms with Gasteiger partial charge in [-0.25, -0.2) is 0 Å². The van der Waals surface area contributed by atoms with Crippen LogP contribution in [0.1, 0.15) is 40.4 Å². The number of benzene rings is 2. The fourth-order valence-corrected chi connectivity index (χ4v) is 3.27. The van der Waals surface area contributed by atoms with E-state index in [4.69, 9.17) is 4.74 Å². The van der Waals surface area contributed by atoms with Crippen LogP contribution in [0.25, 0.3) is 0 Å². The number of carbonyl (C=O) groups is 2. The number of nitrogens with zero attached hydrogens (tertiary/aromatic N) is 1. The number of hydrogen-bond acceptors (Lipinski definition) is 6. The molecule has 3 N–H and O–H groups in total. The highest BCUT2D eigenvalue weighted by atomic mass is 19.4. The van der Waals surface area contributed by atoms with Gasteiger partial charge in [0.1, 0.15) is 0 Å². The van der Waals surface area contributed by atoms with Crippen LogP contribution in [0.5, 0.6) is 0 Å². The Kier molecular flexibility index (Phi) is 7.92. The number of ether oxygens (including phenoxy) is 1. The standard InChI is InChI=1S/C23H25F3N4O3/c1-2-33-20(31)7-6-15-4-3-5-16(10-15)14-29-21(32)17-11-18(23(24,25)26)13-19(12-17)30-22-27-8-9-28-22/h3-5,10-13H,2,6-9,14H2,1H3,(H,29,32)(H2,27,28,30). The van der Waals surface area contributed by atoms with E-state index in [0.29, 0.717) is 32.1 Å². The molecule has 0 atom stereocenters. The number of hydrogen-bond donors (Lipinski definition) is 3. The van der Waals surface area contributed by atoms with Gasteiger partial charge in [0.2, 0.25) is 0 Å². The maximum atomic E-state index is 13.4. The molecule has 0 aromatic heterocycles. The van der Waals surface area contributed by atoms with E-state index in [1.807, 2.05) is 12.1 Å². The van der Waals surface area contributed by atoms with Crippen molar-refractivity contribution in [2.24, 2.45) is 4.99 Å². The Hall–Kier alpha value is -3.56. The first-order valence-corrected chi connectivity index (χ1v) is 10.5. The maximum absolute atomic E-state index is 13.4. The van der Waals surface area contributed by atoms with Crippen LogP contribution in [0.4, 0.5) is 18.9 Å². The van der Waals surface area contributed by atoms with E-state index < -0.39 is 17.6 Å². The summed E-state index contributed by atoms with van der Waals surface area (Å²) < 4.78 is 45.0. The molecule has 0 unspecified atom stereocenters. The van der Waals surface area contributed by atoms with Gasteiger partial charge in [0.05, 0.1) is 18.7 Å². The van der Waals surface area contributed by atoms with E-state index in [1.54, 1.807) is 19.1 Å². The van der Waals surface area contributed by atoms with Crippen molar-refractivity contribution in [1.82, 2.24) is 10.6 Å². The lowest BCUT2D eigenvalue weighted by Gasteiger charge is -2.14. The molecule has 10 heteroatoms. The van der Waals surface area contributed by atoms with Gasteiger partial charge in [-0.05, 0) is 42.7 Å². The molecular weight excluding hydrogens is 437 g/mol. The van der Waals surface area contributed by atoms with Crippen molar-refractivity contribution in [3.05, 3.63) is 64.7 Å². The Balaban J connectivity index is 1.68. The Morgan fingerprint density at radius 2 is 1.94 bits per heavy atom. The highest BCUT2D eigenvalue weighted by molar-refractivity contribution is 5.98. The number of aliphatic imine (C=N–C) groups is 1. The molecule has 2 aromatic rings. The summed E-state index contributed by atoms with van der Waals surface area (Å²) in [6, 6.07) is 10.4. The molecular formula is C23H25F3N4O3. The van der Waals surface area contributed by atoms with E-state index in [9.17, 15) is 22.8 Å². The van der Waals surface area contributed by atoms with Gasteiger partial charge in [0, 0.05) is 30.8 Å². The van der Waals surface area contributed by atoms with Gasteiger partial charge in [-0.2, -0.15) is 13.2 Å². The number of halogens is 3. The number of carbonyl (C=O) groups excluding carboxylic acids is 2. The molecule has 7 nitrogen and oxygen atoms in total. The summed E-state index contributed by atoms with van der Waals surface area (Å²) in [7, 11) is 0. The zero-order valence-corrected chi connectivity index (χ0v) is 18.1. The lowest BCUT2D eigenvalue weighted by Crippen LogP contribution is -2.27. The molecule has 33 heavy (non-hydrogen) atoms. The summed E-state index contributed by atoms with van der Waals surface area (Å²) in [5, 5.41) is 8.35. The van der Waals surface area contributed by atoms with E-state index in [2.05, 4.69) is 20.9 Å². The predicted octanol–water partition coefficient (Wildman–Crippen LogP) is 3.50. The molecule has 1 aliphatic rings. The van der Waals surface area contributed by atoms with Crippen LogP contribution in [-0.4, -0.2) is 37.5 Å². The highest BCUT2D eigenvalue weighted by Gasteiger charge is 2.32. The van der Waals surface area contributed by atoms with Crippen molar-refractivity contribution < 1.29 is 27.5 Å². The SMILES string of the molecule is CCOC(=O)CCc1cccc(CNC(=O)c2cc(NC3=NCCN3)cc(C(F)(F)F)c2)c1. The fraction of sp³-hybridized carbons (Fsp3) is 0.348. The van der Waals surface area contributed by atoms with Crippen LogP contribution in [0.3, 0.4) is 0 Å². The van der Waals surface area contributed by atoms with Gasteiger partial charge in [-0.15, -0.1) is 0 Å². The number of anilines is 1. The summed E-state index contributed by atoms with van der Waals surface area (Å²) in [6.45, 7) is 3.30. The van der Waals surface area contributed by atoms with Crippen LogP contribution in [0, 0.1) is 0 Å². The summed E-state index contributed by atoms with van der Waals surface area (Å²) in [5.41, 5.74) is 0.718. The summed E-state index contributed by atoms with van der Waals surface area (Å²) in [4.78, 5) is 28.3. The number of amides is 1. The fourth-order valence-electron chi connectivity index (χ4n) is 3.27. The molecule has 1 amide bonds. The average Bonchev–Trinajstić information content (AvgIpc) is 3.29. The number of alkyl halides is 3. The van der Waals surface area contributed by atoms with Gasteiger partial charge >= 0.3 is 12.1 Å². The van der Waals surface area contributed by atoms with Gasteiger partial charge in [-0.3, -0.25) is 14.6 Å². The molecule has 3 rings (SSSR count). The smallest absolute Gasteiger partial charge is 0.416 e. The molecule has 1 heterocycles. The lowest BCUT2D eigenvalue weighted by atomic mass is 10.1. The molecule has 0 aliphatic carbocycles. The van der Waals surface area contributed by atoms with Gasteiger partial charge in [0.15, 0.2) is 5.96 Å². The molecule has 0 fully saturated rings. The Labute approximate surface area is 189 Å². The predicted molar refractivity (Wildman–Crippen MR) is 118 cm³/mol.